The normalized spacial score (nSPS) is 16.2. The monoisotopic (exact) mass is 437 g/mol. The molecule has 33 heavy (non-hydrogen) atoms. The first-order valence-corrected chi connectivity index (χ1v) is 11.7. The zero-order chi connectivity index (χ0) is 23.3. The third kappa shape index (κ3) is 3.74. The average Bonchev–Trinajstić information content (AvgIpc) is 3.36. The number of rotatable bonds is 4. The molecule has 0 bridgehead atoms. The topological polar surface area (TPSA) is 38.1 Å². The number of para-hydroxylation sites is 2. The number of aromatic nitrogens is 2. The van der Waals surface area contributed by atoms with Gasteiger partial charge in [0.05, 0.1) is 11.0 Å². The van der Waals surface area contributed by atoms with Crippen LogP contribution < -0.4 is 4.90 Å². The van der Waals surface area contributed by atoms with Crippen LogP contribution in [0.3, 0.4) is 0 Å². The first-order valence-electron chi connectivity index (χ1n) is 11.7. The van der Waals surface area contributed by atoms with E-state index >= 15 is 0 Å². The first kappa shape index (κ1) is 21.4. The molecule has 1 atom stereocenters. The quantitative estimate of drug-likeness (QED) is 0.384. The summed E-state index contributed by atoms with van der Waals surface area (Å²) in [5, 5.41) is 0. The number of imidazole rings is 1. The third-order valence-corrected chi connectivity index (χ3v) is 7.33. The molecule has 1 amide bonds. The SMILES string of the molecule is Cc1cccc(N2C[C@H](c3nc4ccccc4n3Cc3c(C)c(C)cc(C)c3C)CC2=O)c1. The van der Waals surface area contributed by atoms with Crippen molar-refractivity contribution in [1.29, 1.82) is 0 Å². The van der Waals surface area contributed by atoms with Gasteiger partial charge in [-0.25, -0.2) is 4.98 Å². The highest BCUT2D eigenvalue weighted by Crippen LogP contribution is 2.34. The van der Waals surface area contributed by atoms with Crippen LogP contribution in [0.1, 0.15) is 51.5 Å². The average molecular weight is 438 g/mol. The Morgan fingerprint density at radius 1 is 0.909 bits per heavy atom. The zero-order valence-corrected chi connectivity index (χ0v) is 20.1. The molecule has 1 aromatic heterocycles. The summed E-state index contributed by atoms with van der Waals surface area (Å²) in [5.74, 6) is 1.25. The van der Waals surface area contributed by atoms with Gasteiger partial charge in [-0.3, -0.25) is 4.79 Å². The minimum atomic E-state index is 0.0666. The lowest BCUT2D eigenvalue weighted by Gasteiger charge is -2.20. The van der Waals surface area contributed by atoms with Crippen molar-refractivity contribution in [2.75, 3.05) is 11.4 Å². The molecule has 168 valence electrons. The second kappa shape index (κ2) is 8.18. The smallest absolute Gasteiger partial charge is 0.227 e. The molecule has 1 aliphatic rings. The number of hydrogen-bond donors (Lipinski definition) is 0. The number of fused-ring (bicyclic) bond motifs is 1. The molecule has 1 saturated heterocycles. The van der Waals surface area contributed by atoms with Crippen molar-refractivity contribution in [1.82, 2.24) is 9.55 Å². The number of benzene rings is 3. The van der Waals surface area contributed by atoms with Crippen molar-refractivity contribution in [2.45, 2.75) is 53.5 Å². The lowest BCUT2D eigenvalue weighted by Crippen LogP contribution is -2.24. The maximum atomic E-state index is 13.0. The van der Waals surface area contributed by atoms with E-state index in [1.54, 1.807) is 0 Å². The van der Waals surface area contributed by atoms with Gasteiger partial charge in [0.2, 0.25) is 5.91 Å². The van der Waals surface area contributed by atoms with Crippen LogP contribution in [0.4, 0.5) is 5.69 Å². The molecule has 0 radical (unpaired) electrons. The molecule has 2 heterocycles. The molecule has 5 rings (SSSR count). The number of carbonyl (C=O) groups excluding carboxylic acids is 1. The molecule has 0 spiro atoms. The highest BCUT2D eigenvalue weighted by molar-refractivity contribution is 5.96. The van der Waals surface area contributed by atoms with Crippen molar-refractivity contribution in [2.24, 2.45) is 0 Å². The number of aryl methyl sites for hydroxylation is 3. The van der Waals surface area contributed by atoms with E-state index in [2.05, 4.69) is 75.6 Å². The fourth-order valence-electron chi connectivity index (χ4n) is 5.19. The van der Waals surface area contributed by atoms with Crippen molar-refractivity contribution in [3.8, 4) is 0 Å². The van der Waals surface area contributed by atoms with Crippen LogP contribution in [-0.4, -0.2) is 22.0 Å². The van der Waals surface area contributed by atoms with Gasteiger partial charge in [-0.05, 0) is 92.3 Å². The molecule has 3 aromatic carbocycles. The lowest BCUT2D eigenvalue weighted by molar-refractivity contribution is -0.117. The van der Waals surface area contributed by atoms with Crippen molar-refractivity contribution < 1.29 is 4.79 Å². The number of carbonyl (C=O) groups is 1. The number of amides is 1. The van der Waals surface area contributed by atoms with Crippen molar-refractivity contribution in [3.63, 3.8) is 0 Å². The van der Waals surface area contributed by atoms with Gasteiger partial charge in [0.25, 0.3) is 0 Å². The van der Waals surface area contributed by atoms with Gasteiger partial charge in [-0.15, -0.1) is 0 Å². The van der Waals surface area contributed by atoms with Crippen LogP contribution in [-0.2, 0) is 11.3 Å². The predicted octanol–water partition coefficient (Wildman–Crippen LogP) is 6.15. The minimum absolute atomic E-state index is 0.0666. The second-order valence-electron chi connectivity index (χ2n) is 9.53. The predicted molar refractivity (Wildman–Crippen MR) is 135 cm³/mol. The summed E-state index contributed by atoms with van der Waals surface area (Å²) < 4.78 is 2.35. The fourth-order valence-corrected chi connectivity index (χ4v) is 5.19. The number of nitrogens with zero attached hydrogens (tertiary/aromatic N) is 3. The Hall–Kier alpha value is -3.40. The zero-order valence-electron chi connectivity index (χ0n) is 20.1. The fraction of sp³-hybridized carbons (Fsp3) is 0.310. The molecule has 1 fully saturated rings. The van der Waals surface area contributed by atoms with Crippen molar-refractivity contribution in [3.05, 3.63) is 93.8 Å². The largest absolute Gasteiger partial charge is 0.323 e. The first-order chi connectivity index (χ1) is 15.8. The van der Waals surface area contributed by atoms with E-state index in [1.165, 1.54) is 27.8 Å². The van der Waals surface area contributed by atoms with E-state index in [9.17, 15) is 4.79 Å². The van der Waals surface area contributed by atoms with Gasteiger partial charge in [0.15, 0.2) is 0 Å². The van der Waals surface area contributed by atoms with Crippen LogP contribution in [0.25, 0.3) is 11.0 Å². The van der Waals surface area contributed by atoms with Crippen LogP contribution in [0.15, 0.2) is 54.6 Å². The van der Waals surface area contributed by atoms with E-state index in [-0.39, 0.29) is 11.8 Å². The Kier molecular flexibility index (Phi) is 5.32. The molecule has 4 aromatic rings. The Bertz CT molecular complexity index is 1360. The summed E-state index contributed by atoms with van der Waals surface area (Å²) in [5.41, 5.74) is 10.9. The summed E-state index contributed by atoms with van der Waals surface area (Å²) in [6.45, 7) is 12.3. The molecule has 0 aliphatic carbocycles. The van der Waals surface area contributed by atoms with E-state index in [0.29, 0.717) is 13.0 Å². The summed E-state index contributed by atoms with van der Waals surface area (Å²) in [6, 6.07) is 18.8. The molecule has 0 unspecified atom stereocenters. The van der Waals surface area contributed by atoms with Gasteiger partial charge in [-0.1, -0.05) is 30.3 Å². The number of anilines is 1. The van der Waals surface area contributed by atoms with E-state index < -0.39 is 0 Å². The van der Waals surface area contributed by atoms with Crippen LogP contribution in [0.2, 0.25) is 0 Å². The number of hydrogen-bond acceptors (Lipinski definition) is 2. The highest BCUT2D eigenvalue weighted by Gasteiger charge is 2.35. The Labute approximate surface area is 195 Å². The van der Waals surface area contributed by atoms with Crippen LogP contribution in [0.5, 0.6) is 0 Å². The van der Waals surface area contributed by atoms with E-state index in [1.807, 2.05) is 23.1 Å². The van der Waals surface area contributed by atoms with Gasteiger partial charge in [0, 0.05) is 31.1 Å². The van der Waals surface area contributed by atoms with Gasteiger partial charge in [0.1, 0.15) is 5.82 Å². The summed E-state index contributed by atoms with van der Waals surface area (Å²) in [7, 11) is 0. The van der Waals surface area contributed by atoms with E-state index in [0.717, 1.165) is 34.7 Å². The van der Waals surface area contributed by atoms with Gasteiger partial charge >= 0.3 is 0 Å². The highest BCUT2D eigenvalue weighted by atomic mass is 16.2. The second-order valence-corrected chi connectivity index (χ2v) is 9.53. The lowest BCUT2D eigenvalue weighted by atomic mass is 9.94. The summed E-state index contributed by atoms with van der Waals surface area (Å²) in [6.07, 6.45) is 0.488. The van der Waals surface area contributed by atoms with Gasteiger partial charge < -0.3 is 9.47 Å². The molecular formula is C29H31N3O. The van der Waals surface area contributed by atoms with Crippen LogP contribution >= 0.6 is 0 Å². The van der Waals surface area contributed by atoms with Crippen molar-refractivity contribution >= 4 is 22.6 Å². The maximum Gasteiger partial charge on any atom is 0.227 e. The Morgan fingerprint density at radius 2 is 1.64 bits per heavy atom. The Balaban J connectivity index is 1.58. The maximum absolute atomic E-state index is 13.0. The third-order valence-electron chi connectivity index (χ3n) is 7.33. The standard InChI is InChI=1S/C29H31N3O/c1-18-9-8-10-24(13-18)31-16-23(15-28(31)33)29-30-26-11-6-7-12-27(26)32(29)17-25-21(4)19(2)14-20(3)22(25)5/h6-14,23H,15-17H2,1-5H3/t23-/m1/s1. The molecule has 4 nitrogen and oxygen atoms in total. The molecular weight excluding hydrogens is 406 g/mol. The Morgan fingerprint density at radius 3 is 2.36 bits per heavy atom. The van der Waals surface area contributed by atoms with E-state index in [4.69, 9.17) is 4.98 Å². The van der Waals surface area contributed by atoms with Crippen LogP contribution in [0, 0.1) is 34.6 Å². The summed E-state index contributed by atoms with van der Waals surface area (Å²) >= 11 is 0. The molecule has 0 saturated carbocycles. The molecule has 1 aliphatic heterocycles. The summed E-state index contributed by atoms with van der Waals surface area (Å²) in [4.78, 5) is 20.0. The molecule has 4 heteroatoms. The minimum Gasteiger partial charge on any atom is -0.323 e. The van der Waals surface area contributed by atoms with Gasteiger partial charge in [-0.2, -0.15) is 0 Å². The molecule has 0 N–H and O–H groups in total.